The molecule has 18 heavy (non-hydrogen) atoms. The fourth-order valence-electron chi connectivity index (χ4n) is 1.37. The lowest BCUT2D eigenvalue weighted by Gasteiger charge is -2.03. The van der Waals surface area contributed by atoms with Crippen molar-refractivity contribution in [2.75, 3.05) is 6.54 Å². The number of aromatic nitrogens is 2. The number of amides is 1. The number of nitrogens with one attached hydrogen (secondary N) is 1. The van der Waals surface area contributed by atoms with E-state index < -0.39 is 6.10 Å². The second-order valence-electron chi connectivity index (χ2n) is 3.87. The van der Waals surface area contributed by atoms with Crippen molar-refractivity contribution in [1.29, 1.82) is 0 Å². The van der Waals surface area contributed by atoms with Gasteiger partial charge in [-0.3, -0.25) is 9.78 Å². The number of nitrogens with zero attached hydrogens (tertiary/aromatic N) is 2. The Balaban J connectivity index is 2.09. The maximum absolute atomic E-state index is 11.6. The highest BCUT2D eigenvalue weighted by Crippen LogP contribution is 2.18. The van der Waals surface area contributed by atoms with Crippen LogP contribution in [-0.2, 0) is 0 Å². The van der Waals surface area contributed by atoms with E-state index in [0.717, 1.165) is 5.56 Å². The smallest absolute Gasteiger partial charge is 0.273 e. The standard InChI is InChI=1S/C12H13N3O3/c1-8(16)7-14-12(17)10-6-11(18-15-10)9-2-4-13-5-3-9/h2-6,8,16H,7H2,1H3,(H,14,17). The quantitative estimate of drug-likeness (QED) is 0.836. The highest BCUT2D eigenvalue weighted by Gasteiger charge is 2.13. The van der Waals surface area contributed by atoms with Crippen molar-refractivity contribution in [3.8, 4) is 11.3 Å². The summed E-state index contributed by atoms with van der Waals surface area (Å²) in [5.41, 5.74) is 0.981. The van der Waals surface area contributed by atoms with Crippen molar-refractivity contribution in [2.24, 2.45) is 0 Å². The van der Waals surface area contributed by atoms with Crippen LogP contribution >= 0.6 is 0 Å². The van der Waals surface area contributed by atoms with E-state index in [1.54, 1.807) is 37.5 Å². The van der Waals surface area contributed by atoms with E-state index in [0.29, 0.717) is 5.76 Å². The van der Waals surface area contributed by atoms with Crippen LogP contribution < -0.4 is 5.32 Å². The summed E-state index contributed by atoms with van der Waals surface area (Å²) >= 11 is 0. The van der Waals surface area contributed by atoms with E-state index in [2.05, 4.69) is 15.5 Å². The third kappa shape index (κ3) is 2.92. The number of rotatable bonds is 4. The minimum absolute atomic E-state index is 0.177. The lowest BCUT2D eigenvalue weighted by molar-refractivity contribution is 0.0915. The molecule has 1 unspecified atom stereocenters. The fraction of sp³-hybridized carbons (Fsp3) is 0.250. The Bertz CT molecular complexity index is 522. The summed E-state index contributed by atoms with van der Waals surface area (Å²) in [6, 6.07) is 5.07. The van der Waals surface area contributed by atoms with Gasteiger partial charge < -0.3 is 14.9 Å². The van der Waals surface area contributed by atoms with Gasteiger partial charge in [0.2, 0.25) is 0 Å². The molecule has 0 saturated heterocycles. The summed E-state index contributed by atoms with van der Waals surface area (Å²) in [6.07, 6.45) is 2.66. The van der Waals surface area contributed by atoms with Crippen LogP contribution in [0.3, 0.4) is 0 Å². The van der Waals surface area contributed by atoms with E-state index in [1.165, 1.54) is 0 Å². The van der Waals surface area contributed by atoms with E-state index in [9.17, 15) is 4.79 Å². The molecule has 0 bridgehead atoms. The van der Waals surface area contributed by atoms with Crippen LogP contribution in [0.5, 0.6) is 0 Å². The Kier molecular flexibility index (Phi) is 3.69. The predicted octanol–water partition coefficient (Wildman–Crippen LogP) is 0.847. The summed E-state index contributed by atoms with van der Waals surface area (Å²) in [5, 5.41) is 15.3. The van der Waals surface area contributed by atoms with Crippen molar-refractivity contribution in [3.05, 3.63) is 36.3 Å². The molecule has 2 rings (SSSR count). The Morgan fingerprint density at radius 1 is 1.50 bits per heavy atom. The van der Waals surface area contributed by atoms with Crippen molar-refractivity contribution in [2.45, 2.75) is 13.0 Å². The van der Waals surface area contributed by atoms with Gasteiger partial charge in [0.1, 0.15) is 0 Å². The van der Waals surface area contributed by atoms with Gasteiger partial charge in [0.15, 0.2) is 11.5 Å². The Labute approximate surface area is 104 Å². The molecule has 1 amide bonds. The molecule has 1 atom stereocenters. The summed E-state index contributed by atoms with van der Waals surface area (Å²) in [5.74, 6) is 0.125. The number of hydrogen-bond acceptors (Lipinski definition) is 5. The Morgan fingerprint density at radius 2 is 2.22 bits per heavy atom. The lowest BCUT2D eigenvalue weighted by atomic mass is 10.2. The molecule has 2 heterocycles. The topological polar surface area (TPSA) is 88.2 Å². The zero-order chi connectivity index (χ0) is 13.0. The zero-order valence-corrected chi connectivity index (χ0v) is 9.83. The minimum atomic E-state index is -0.597. The van der Waals surface area contributed by atoms with Gasteiger partial charge in [0, 0.05) is 30.6 Å². The van der Waals surface area contributed by atoms with Gasteiger partial charge in [-0.2, -0.15) is 0 Å². The molecule has 2 aromatic rings. The molecule has 0 spiro atoms. The summed E-state index contributed by atoms with van der Waals surface area (Å²) < 4.78 is 5.08. The van der Waals surface area contributed by atoms with Gasteiger partial charge >= 0.3 is 0 Å². The normalized spacial score (nSPS) is 12.1. The van der Waals surface area contributed by atoms with Crippen LogP contribution in [0.1, 0.15) is 17.4 Å². The van der Waals surface area contributed by atoms with Crippen LogP contribution in [0.25, 0.3) is 11.3 Å². The highest BCUT2D eigenvalue weighted by atomic mass is 16.5. The van der Waals surface area contributed by atoms with Crippen LogP contribution in [0, 0.1) is 0 Å². The maximum Gasteiger partial charge on any atom is 0.273 e. The largest absolute Gasteiger partial charge is 0.392 e. The van der Waals surface area contributed by atoms with Gasteiger partial charge in [0.25, 0.3) is 5.91 Å². The van der Waals surface area contributed by atoms with Crippen molar-refractivity contribution in [1.82, 2.24) is 15.5 Å². The van der Waals surface area contributed by atoms with E-state index in [-0.39, 0.29) is 18.1 Å². The van der Waals surface area contributed by atoms with Crippen LogP contribution in [-0.4, -0.2) is 33.8 Å². The molecular formula is C12H13N3O3. The minimum Gasteiger partial charge on any atom is -0.392 e. The maximum atomic E-state index is 11.6. The molecular weight excluding hydrogens is 234 g/mol. The van der Waals surface area contributed by atoms with Crippen molar-refractivity contribution < 1.29 is 14.4 Å². The van der Waals surface area contributed by atoms with Crippen LogP contribution in [0.15, 0.2) is 35.1 Å². The summed E-state index contributed by atoms with van der Waals surface area (Å²) in [7, 11) is 0. The molecule has 6 nitrogen and oxygen atoms in total. The molecule has 0 saturated carbocycles. The predicted molar refractivity (Wildman–Crippen MR) is 63.7 cm³/mol. The van der Waals surface area contributed by atoms with Crippen molar-refractivity contribution >= 4 is 5.91 Å². The Morgan fingerprint density at radius 3 is 2.89 bits per heavy atom. The zero-order valence-electron chi connectivity index (χ0n) is 9.83. The monoisotopic (exact) mass is 247 g/mol. The SMILES string of the molecule is CC(O)CNC(=O)c1cc(-c2ccncc2)on1. The van der Waals surface area contributed by atoms with Gasteiger partial charge in [0.05, 0.1) is 6.10 Å². The average Bonchev–Trinajstić information content (AvgIpc) is 2.86. The fourth-order valence-corrected chi connectivity index (χ4v) is 1.37. The average molecular weight is 247 g/mol. The molecule has 0 aliphatic carbocycles. The number of aliphatic hydroxyl groups is 1. The second-order valence-corrected chi connectivity index (χ2v) is 3.87. The third-order valence-electron chi connectivity index (χ3n) is 2.27. The molecule has 2 aromatic heterocycles. The second kappa shape index (κ2) is 5.42. The van der Waals surface area contributed by atoms with Gasteiger partial charge in [-0.1, -0.05) is 5.16 Å². The highest BCUT2D eigenvalue weighted by molar-refractivity contribution is 5.93. The van der Waals surface area contributed by atoms with Gasteiger partial charge in [-0.15, -0.1) is 0 Å². The first kappa shape index (κ1) is 12.3. The number of carbonyl (C=O) groups excluding carboxylic acids is 1. The third-order valence-corrected chi connectivity index (χ3v) is 2.27. The van der Waals surface area contributed by atoms with E-state index in [1.807, 2.05) is 0 Å². The van der Waals surface area contributed by atoms with E-state index in [4.69, 9.17) is 9.63 Å². The van der Waals surface area contributed by atoms with Crippen molar-refractivity contribution in [3.63, 3.8) is 0 Å². The first-order valence-electron chi connectivity index (χ1n) is 5.50. The number of aliphatic hydroxyl groups excluding tert-OH is 1. The molecule has 0 aliphatic heterocycles. The van der Waals surface area contributed by atoms with E-state index >= 15 is 0 Å². The first-order chi connectivity index (χ1) is 8.66. The Hall–Kier alpha value is -2.21. The van der Waals surface area contributed by atoms with Gasteiger partial charge in [-0.05, 0) is 19.1 Å². The number of carbonyl (C=O) groups is 1. The lowest BCUT2D eigenvalue weighted by Crippen LogP contribution is -2.30. The first-order valence-corrected chi connectivity index (χ1v) is 5.50. The van der Waals surface area contributed by atoms with Crippen LogP contribution in [0.2, 0.25) is 0 Å². The van der Waals surface area contributed by atoms with Gasteiger partial charge in [-0.25, -0.2) is 0 Å². The number of pyridine rings is 1. The summed E-state index contributed by atoms with van der Waals surface area (Å²) in [6.45, 7) is 1.77. The van der Waals surface area contributed by atoms with Crippen LogP contribution in [0.4, 0.5) is 0 Å². The molecule has 0 aromatic carbocycles. The molecule has 2 N–H and O–H groups in total. The molecule has 0 fully saturated rings. The summed E-state index contributed by atoms with van der Waals surface area (Å²) in [4.78, 5) is 15.5. The molecule has 6 heteroatoms. The molecule has 0 aliphatic rings. The molecule has 94 valence electrons. The molecule has 0 radical (unpaired) electrons. The number of hydrogen-bond donors (Lipinski definition) is 2.